The van der Waals surface area contributed by atoms with E-state index in [1.807, 2.05) is 12.1 Å². The van der Waals surface area contributed by atoms with Crippen LogP contribution in [0.4, 0.5) is 0 Å². The predicted octanol–water partition coefficient (Wildman–Crippen LogP) is 2.97. The molecule has 96 valence electrons. The van der Waals surface area contributed by atoms with E-state index >= 15 is 0 Å². The Labute approximate surface area is 109 Å². The highest BCUT2D eigenvalue weighted by molar-refractivity contribution is 5.25. The molecule has 1 aromatic heterocycles. The van der Waals surface area contributed by atoms with Gasteiger partial charge in [-0.2, -0.15) is 5.26 Å². The molecule has 0 spiro atoms. The molecule has 0 aromatic carbocycles. The normalized spacial score (nSPS) is 19.4. The molecule has 0 saturated carbocycles. The lowest BCUT2D eigenvalue weighted by atomic mass is 9.78. The molecule has 0 amide bonds. The van der Waals surface area contributed by atoms with Gasteiger partial charge in [0.1, 0.15) is 11.8 Å². The standard InChI is InChI=1S/C15H21N3/c1-3-15(2)5-8-18(9-6-15)12-13-4-7-17-14(10-13)11-16/h4,7,10H,3,5-6,8-9,12H2,1-2H3. The largest absolute Gasteiger partial charge is 0.299 e. The van der Waals surface area contributed by atoms with Gasteiger partial charge in [0.15, 0.2) is 0 Å². The number of likely N-dealkylation sites (tertiary alicyclic amines) is 1. The van der Waals surface area contributed by atoms with Gasteiger partial charge in [0.2, 0.25) is 0 Å². The van der Waals surface area contributed by atoms with E-state index in [4.69, 9.17) is 5.26 Å². The molecule has 0 aliphatic carbocycles. The first-order chi connectivity index (χ1) is 8.65. The fraction of sp³-hybridized carbons (Fsp3) is 0.600. The summed E-state index contributed by atoms with van der Waals surface area (Å²) in [6.45, 7) is 7.95. The van der Waals surface area contributed by atoms with Crippen LogP contribution in [0.3, 0.4) is 0 Å². The van der Waals surface area contributed by atoms with E-state index in [2.05, 4.69) is 29.8 Å². The molecule has 0 N–H and O–H groups in total. The average molecular weight is 243 g/mol. The number of nitrogens with zero attached hydrogens (tertiary/aromatic N) is 3. The highest BCUT2D eigenvalue weighted by Gasteiger charge is 2.27. The van der Waals surface area contributed by atoms with Crippen LogP contribution in [-0.4, -0.2) is 23.0 Å². The van der Waals surface area contributed by atoms with E-state index in [9.17, 15) is 0 Å². The third kappa shape index (κ3) is 3.08. The topological polar surface area (TPSA) is 39.9 Å². The number of rotatable bonds is 3. The highest BCUT2D eigenvalue weighted by atomic mass is 15.1. The summed E-state index contributed by atoms with van der Waals surface area (Å²) in [5.74, 6) is 0. The summed E-state index contributed by atoms with van der Waals surface area (Å²) in [6, 6.07) is 6.00. The summed E-state index contributed by atoms with van der Waals surface area (Å²) in [4.78, 5) is 6.49. The Morgan fingerprint density at radius 2 is 2.17 bits per heavy atom. The Morgan fingerprint density at radius 1 is 1.44 bits per heavy atom. The van der Waals surface area contributed by atoms with E-state index in [0.717, 1.165) is 19.6 Å². The molecule has 1 aliphatic heterocycles. The molecule has 18 heavy (non-hydrogen) atoms. The SMILES string of the molecule is CCC1(C)CCN(Cc2ccnc(C#N)c2)CC1. The second kappa shape index (κ2) is 5.49. The molecule has 1 saturated heterocycles. The summed E-state index contributed by atoms with van der Waals surface area (Å²) in [7, 11) is 0. The Kier molecular flexibility index (Phi) is 3.98. The van der Waals surface area contributed by atoms with Gasteiger partial charge in [0.25, 0.3) is 0 Å². The number of aromatic nitrogens is 1. The average Bonchev–Trinajstić information content (AvgIpc) is 2.42. The van der Waals surface area contributed by atoms with Crippen molar-refractivity contribution in [3.05, 3.63) is 29.6 Å². The van der Waals surface area contributed by atoms with Crippen molar-refractivity contribution in [2.45, 2.75) is 39.7 Å². The number of hydrogen-bond acceptors (Lipinski definition) is 3. The maximum absolute atomic E-state index is 8.84. The molecule has 3 heteroatoms. The van der Waals surface area contributed by atoms with E-state index < -0.39 is 0 Å². The summed E-state index contributed by atoms with van der Waals surface area (Å²) in [5.41, 5.74) is 2.25. The van der Waals surface area contributed by atoms with Crippen LogP contribution in [-0.2, 0) is 6.54 Å². The summed E-state index contributed by atoms with van der Waals surface area (Å²) < 4.78 is 0. The molecule has 0 unspecified atom stereocenters. The molecular weight excluding hydrogens is 222 g/mol. The molecule has 0 bridgehead atoms. The molecule has 1 fully saturated rings. The first-order valence-corrected chi connectivity index (χ1v) is 6.72. The van der Waals surface area contributed by atoms with Crippen molar-refractivity contribution in [1.82, 2.24) is 9.88 Å². The molecule has 2 rings (SSSR count). The molecular formula is C15H21N3. The lowest BCUT2D eigenvalue weighted by Gasteiger charge is -2.38. The van der Waals surface area contributed by atoms with Crippen molar-refractivity contribution in [2.75, 3.05) is 13.1 Å². The van der Waals surface area contributed by atoms with Crippen molar-refractivity contribution in [1.29, 1.82) is 5.26 Å². The monoisotopic (exact) mass is 243 g/mol. The third-order valence-corrected chi connectivity index (χ3v) is 4.26. The minimum atomic E-state index is 0.517. The Morgan fingerprint density at radius 3 is 2.78 bits per heavy atom. The Bertz CT molecular complexity index is 439. The highest BCUT2D eigenvalue weighted by Crippen LogP contribution is 2.34. The van der Waals surface area contributed by atoms with Crippen LogP contribution in [0.5, 0.6) is 0 Å². The van der Waals surface area contributed by atoms with Gasteiger partial charge in [-0.15, -0.1) is 0 Å². The summed E-state index contributed by atoms with van der Waals surface area (Å²) >= 11 is 0. The lowest BCUT2D eigenvalue weighted by molar-refractivity contribution is 0.109. The van der Waals surface area contributed by atoms with Crippen molar-refractivity contribution >= 4 is 0 Å². The Balaban J connectivity index is 1.94. The van der Waals surface area contributed by atoms with Gasteiger partial charge in [0, 0.05) is 12.7 Å². The zero-order valence-electron chi connectivity index (χ0n) is 11.3. The van der Waals surface area contributed by atoms with Crippen LogP contribution in [0, 0.1) is 16.7 Å². The van der Waals surface area contributed by atoms with Gasteiger partial charge >= 0.3 is 0 Å². The lowest BCUT2D eigenvalue weighted by Crippen LogP contribution is -2.37. The second-order valence-electron chi connectivity index (χ2n) is 5.60. The summed E-state index contributed by atoms with van der Waals surface area (Å²) in [6.07, 6.45) is 5.56. The van der Waals surface area contributed by atoms with Crippen LogP contribution >= 0.6 is 0 Å². The van der Waals surface area contributed by atoms with Gasteiger partial charge in [-0.05, 0) is 49.0 Å². The number of nitriles is 1. The van der Waals surface area contributed by atoms with Crippen LogP contribution in [0.2, 0.25) is 0 Å². The van der Waals surface area contributed by atoms with Gasteiger partial charge in [-0.25, -0.2) is 4.98 Å². The van der Waals surface area contributed by atoms with Crippen molar-refractivity contribution in [2.24, 2.45) is 5.41 Å². The number of pyridine rings is 1. The summed E-state index contributed by atoms with van der Waals surface area (Å²) in [5, 5.41) is 8.84. The minimum Gasteiger partial charge on any atom is -0.299 e. The fourth-order valence-electron chi connectivity index (χ4n) is 2.50. The number of hydrogen-bond donors (Lipinski definition) is 0. The van der Waals surface area contributed by atoms with Crippen LogP contribution in [0.1, 0.15) is 44.4 Å². The molecule has 1 aromatic rings. The number of piperidine rings is 1. The molecule has 1 aliphatic rings. The second-order valence-corrected chi connectivity index (χ2v) is 5.60. The zero-order valence-corrected chi connectivity index (χ0v) is 11.3. The van der Waals surface area contributed by atoms with E-state index in [0.29, 0.717) is 11.1 Å². The quantitative estimate of drug-likeness (QED) is 0.819. The minimum absolute atomic E-state index is 0.517. The third-order valence-electron chi connectivity index (χ3n) is 4.26. The predicted molar refractivity (Wildman–Crippen MR) is 71.9 cm³/mol. The molecule has 0 radical (unpaired) electrons. The first-order valence-electron chi connectivity index (χ1n) is 6.72. The van der Waals surface area contributed by atoms with Crippen molar-refractivity contribution in [3.63, 3.8) is 0 Å². The fourth-order valence-corrected chi connectivity index (χ4v) is 2.50. The zero-order chi connectivity index (χ0) is 13.0. The van der Waals surface area contributed by atoms with Crippen LogP contribution in [0.25, 0.3) is 0 Å². The molecule has 0 atom stereocenters. The smallest absolute Gasteiger partial charge is 0.140 e. The maximum atomic E-state index is 8.84. The maximum Gasteiger partial charge on any atom is 0.140 e. The van der Waals surface area contributed by atoms with Crippen LogP contribution in [0.15, 0.2) is 18.3 Å². The van der Waals surface area contributed by atoms with Gasteiger partial charge in [0.05, 0.1) is 0 Å². The Hall–Kier alpha value is -1.40. The van der Waals surface area contributed by atoms with E-state index in [1.165, 1.54) is 24.8 Å². The van der Waals surface area contributed by atoms with Crippen molar-refractivity contribution in [3.8, 4) is 6.07 Å². The van der Waals surface area contributed by atoms with Crippen LogP contribution < -0.4 is 0 Å². The van der Waals surface area contributed by atoms with E-state index in [-0.39, 0.29) is 0 Å². The first kappa shape index (κ1) is 13.0. The van der Waals surface area contributed by atoms with Gasteiger partial charge in [-0.1, -0.05) is 20.3 Å². The van der Waals surface area contributed by atoms with Crippen molar-refractivity contribution < 1.29 is 0 Å². The van der Waals surface area contributed by atoms with Gasteiger partial charge in [-0.3, -0.25) is 4.90 Å². The molecule has 2 heterocycles. The molecule has 3 nitrogen and oxygen atoms in total. The van der Waals surface area contributed by atoms with Gasteiger partial charge < -0.3 is 0 Å². The van der Waals surface area contributed by atoms with E-state index in [1.54, 1.807) is 6.20 Å².